The second-order valence-electron chi connectivity index (χ2n) is 5.52. The van der Waals surface area contributed by atoms with E-state index in [1.54, 1.807) is 24.3 Å². The molecule has 2 N–H and O–H groups in total. The molecule has 0 aromatic heterocycles. The third kappa shape index (κ3) is 4.65. The number of carbonyl (C=O) groups excluding carboxylic acids is 2. The van der Waals surface area contributed by atoms with Crippen LogP contribution in [0.3, 0.4) is 0 Å². The van der Waals surface area contributed by atoms with E-state index in [1.807, 2.05) is 7.05 Å². The van der Waals surface area contributed by atoms with Crippen molar-refractivity contribution in [2.45, 2.75) is 25.8 Å². The predicted molar refractivity (Wildman–Crippen MR) is 83.6 cm³/mol. The number of hydrogen-bond acceptors (Lipinski definition) is 4. The quantitative estimate of drug-likeness (QED) is 0.807. The van der Waals surface area contributed by atoms with Crippen molar-refractivity contribution >= 4 is 17.4 Å². The zero-order valence-electron chi connectivity index (χ0n) is 12.7. The Hall–Kier alpha value is -1.72. The van der Waals surface area contributed by atoms with Crippen LogP contribution in [0.25, 0.3) is 0 Å². The van der Waals surface area contributed by atoms with Gasteiger partial charge in [0, 0.05) is 30.4 Å². The first kappa shape index (κ1) is 15.7. The van der Waals surface area contributed by atoms with Crippen LogP contribution in [0.1, 0.15) is 30.1 Å². The maximum atomic E-state index is 12.1. The summed E-state index contributed by atoms with van der Waals surface area (Å²) >= 11 is 0. The second kappa shape index (κ2) is 7.33. The smallest absolute Gasteiger partial charge is 0.238 e. The molecule has 0 bridgehead atoms. The molecule has 1 saturated heterocycles. The summed E-state index contributed by atoms with van der Waals surface area (Å²) in [5, 5.41) is 6.14. The fourth-order valence-electron chi connectivity index (χ4n) is 2.60. The molecular weight excluding hydrogens is 266 g/mol. The van der Waals surface area contributed by atoms with Gasteiger partial charge in [-0.2, -0.15) is 0 Å². The van der Waals surface area contributed by atoms with Gasteiger partial charge >= 0.3 is 0 Å². The van der Waals surface area contributed by atoms with E-state index in [4.69, 9.17) is 0 Å². The molecule has 21 heavy (non-hydrogen) atoms. The normalized spacial score (nSPS) is 16.7. The van der Waals surface area contributed by atoms with Crippen LogP contribution in [-0.2, 0) is 4.79 Å². The zero-order chi connectivity index (χ0) is 15.2. The number of ketones is 1. The lowest BCUT2D eigenvalue weighted by atomic mass is 10.1. The maximum absolute atomic E-state index is 12.1. The molecule has 1 aliphatic rings. The Morgan fingerprint density at radius 3 is 2.62 bits per heavy atom. The molecular formula is C16H23N3O2. The minimum absolute atomic E-state index is 0.000219. The number of carbonyl (C=O) groups is 2. The summed E-state index contributed by atoms with van der Waals surface area (Å²) in [6.07, 6.45) is 2.15. The van der Waals surface area contributed by atoms with Gasteiger partial charge in [0.2, 0.25) is 5.91 Å². The number of anilines is 1. The van der Waals surface area contributed by atoms with E-state index in [0.29, 0.717) is 23.8 Å². The Morgan fingerprint density at radius 1 is 1.29 bits per heavy atom. The summed E-state index contributed by atoms with van der Waals surface area (Å²) in [7, 11) is 1.98. The summed E-state index contributed by atoms with van der Waals surface area (Å²) in [5.41, 5.74) is 1.29. The monoisotopic (exact) mass is 289 g/mol. The minimum atomic E-state index is -0.0291. The van der Waals surface area contributed by atoms with Crippen LogP contribution in [0.4, 0.5) is 5.69 Å². The van der Waals surface area contributed by atoms with Crippen molar-refractivity contribution in [2.24, 2.45) is 0 Å². The van der Waals surface area contributed by atoms with E-state index in [9.17, 15) is 9.59 Å². The van der Waals surface area contributed by atoms with Crippen LogP contribution in [-0.4, -0.2) is 49.3 Å². The maximum Gasteiger partial charge on any atom is 0.238 e. The fourth-order valence-corrected chi connectivity index (χ4v) is 2.60. The first-order chi connectivity index (χ1) is 10.1. The van der Waals surface area contributed by atoms with Crippen LogP contribution < -0.4 is 10.6 Å². The Bertz CT molecular complexity index is 508. The van der Waals surface area contributed by atoms with Crippen LogP contribution in [0.15, 0.2) is 24.3 Å². The number of Topliss-reactive ketones (excluding diaryl/α,β-unsaturated/α-hetero) is 1. The number of rotatable bonds is 5. The molecule has 5 heteroatoms. The Balaban J connectivity index is 1.85. The van der Waals surface area contributed by atoms with Crippen molar-refractivity contribution in [3.8, 4) is 0 Å². The third-order valence-corrected chi connectivity index (χ3v) is 3.92. The van der Waals surface area contributed by atoms with Crippen LogP contribution in [0.5, 0.6) is 0 Å². The van der Waals surface area contributed by atoms with Crippen molar-refractivity contribution in [3.05, 3.63) is 29.8 Å². The molecule has 5 nitrogen and oxygen atoms in total. The standard InChI is InChI=1S/C16H23N3O2/c1-12(20)13-4-3-5-15(10-13)18-16(21)11-19-8-6-14(17-2)7-9-19/h3-5,10,14,17H,6-9,11H2,1-2H3,(H,18,21). The Kier molecular flexibility index (Phi) is 5.47. The van der Waals surface area contributed by atoms with Gasteiger partial charge in [-0.15, -0.1) is 0 Å². The Labute approximate surface area is 125 Å². The number of nitrogens with zero attached hydrogens (tertiary/aromatic N) is 1. The molecule has 0 spiro atoms. The first-order valence-electron chi connectivity index (χ1n) is 7.39. The van der Waals surface area contributed by atoms with Gasteiger partial charge in [-0.25, -0.2) is 0 Å². The number of likely N-dealkylation sites (tertiary alicyclic amines) is 1. The zero-order valence-corrected chi connectivity index (χ0v) is 12.7. The van der Waals surface area contributed by atoms with E-state index in [1.165, 1.54) is 6.92 Å². The highest BCUT2D eigenvalue weighted by Crippen LogP contribution is 2.13. The fraction of sp³-hybridized carbons (Fsp3) is 0.500. The van der Waals surface area contributed by atoms with E-state index in [-0.39, 0.29) is 11.7 Å². The van der Waals surface area contributed by atoms with Crippen LogP contribution in [0.2, 0.25) is 0 Å². The highest BCUT2D eigenvalue weighted by molar-refractivity contribution is 5.97. The molecule has 0 radical (unpaired) electrons. The largest absolute Gasteiger partial charge is 0.325 e. The average molecular weight is 289 g/mol. The molecule has 1 heterocycles. The van der Waals surface area contributed by atoms with Crippen molar-refractivity contribution in [3.63, 3.8) is 0 Å². The van der Waals surface area contributed by atoms with E-state index >= 15 is 0 Å². The number of amides is 1. The molecule has 0 unspecified atom stereocenters. The molecule has 0 saturated carbocycles. The topological polar surface area (TPSA) is 61.4 Å². The molecule has 1 fully saturated rings. The Morgan fingerprint density at radius 2 is 2.00 bits per heavy atom. The third-order valence-electron chi connectivity index (χ3n) is 3.92. The van der Waals surface area contributed by atoms with Gasteiger partial charge < -0.3 is 10.6 Å². The van der Waals surface area contributed by atoms with Crippen molar-refractivity contribution in [1.29, 1.82) is 0 Å². The van der Waals surface area contributed by atoms with E-state index in [2.05, 4.69) is 15.5 Å². The number of piperidine rings is 1. The minimum Gasteiger partial charge on any atom is -0.325 e. The highest BCUT2D eigenvalue weighted by atomic mass is 16.2. The lowest BCUT2D eigenvalue weighted by Gasteiger charge is -2.31. The van der Waals surface area contributed by atoms with Gasteiger partial charge in [-0.05, 0) is 38.9 Å². The molecule has 114 valence electrons. The molecule has 1 aliphatic heterocycles. The van der Waals surface area contributed by atoms with E-state index in [0.717, 1.165) is 25.9 Å². The molecule has 1 aromatic carbocycles. The lowest BCUT2D eigenvalue weighted by molar-refractivity contribution is -0.117. The lowest BCUT2D eigenvalue weighted by Crippen LogP contribution is -2.44. The summed E-state index contributed by atoms with van der Waals surface area (Å²) < 4.78 is 0. The summed E-state index contributed by atoms with van der Waals surface area (Å²) in [6, 6.07) is 7.62. The summed E-state index contributed by atoms with van der Waals surface area (Å²) in [5.74, 6) is -0.0288. The number of hydrogen-bond donors (Lipinski definition) is 2. The van der Waals surface area contributed by atoms with Crippen molar-refractivity contribution < 1.29 is 9.59 Å². The van der Waals surface area contributed by atoms with Gasteiger partial charge in [0.25, 0.3) is 0 Å². The molecule has 1 aromatic rings. The van der Waals surface area contributed by atoms with Gasteiger partial charge in [-0.1, -0.05) is 12.1 Å². The number of benzene rings is 1. The second-order valence-corrected chi connectivity index (χ2v) is 5.52. The summed E-state index contributed by atoms with van der Waals surface area (Å²) in [6.45, 7) is 3.80. The van der Waals surface area contributed by atoms with Gasteiger partial charge in [0.15, 0.2) is 5.78 Å². The molecule has 1 amide bonds. The molecule has 0 aliphatic carbocycles. The number of nitrogens with one attached hydrogen (secondary N) is 2. The van der Waals surface area contributed by atoms with Gasteiger partial charge in [0.05, 0.1) is 6.54 Å². The van der Waals surface area contributed by atoms with Gasteiger partial charge in [0.1, 0.15) is 0 Å². The predicted octanol–water partition coefficient (Wildman–Crippen LogP) is 1.51. The van der Waals surface area contributed by atoms with Crippen LogP contribution >= 0.6 is 0 Å². The summed E-state index contributed by atoms with van der Waals surface area (Å²) in [4.78, 5) is 25.6. The first-order valence-corrected chi connectivity index (χ1v) is 7.39. The van der Waals surface area contributed by atoms with E-state index < -0.39 is 0 Å². The van der Waals surface area contributed by atoms with Crippen molar-refractivity contribution in [2.75, 3.05) is 32.0 Å². The average Bonchev–Trinajstić information content (AvgIpc) is 2.48. The van der Waals surface area contributed by atoms with Crippen molar-refractivity contribution in [1.82, 2.24) is 10.2 Å². The highest BCUT2D eigenvalue weighted by Gasteiger charge is 2.19. The van der Waals surface area contributed by atoms with Crippen LogP contribution in [0, 0.1) is 0 Å². The van der Waals surface area contributed by atoms with Gasteiger partial charge in [-0.3, -0.25) is 14.5 Å². The molecule has 2 rings (SSSR count). The molecule has 0 atom stereocenters. The SMILES string of the molecule is CNC1CCN(CC(=O)Nc2cccc(C(C)=O)c2)CC1.